The highest BCUT2D eigenvalue weighted by atomic mass is 31.2. The third-order valence-corrected chi connectivity index (χ3v) is 16.9. The van der Waals surface area contributed by atoms with E-state index in [1.54, 1.807) is 0 Å². The summed E-state index contributed by atoms with van der Waals surface area (Å²) in [5.41, 5.74) is 0. The Bertz CT molecular complexity index is 2170. The van der Waals surface area contributed by atoms with Crippen molar-refractivity contribution in [1.29, 1.82) is 0 Å². The molecule has 5 atom stereocenters. The number of carbonyl (C=O) groups excluding carboxylic acids is 4. The first-order valence-electron chi connectivity index (χ1n) is 36.5. The van der Waals surface area contributed by atoms with Crippen LogP contribution in [0.2, 0.25) is 0 Å². The highest BCUT2D eigenvalue weighted by molar-refractivity contribution is 7.47. The maximum absolute atomic E-state index is 13.0. The van der Waals surface area contributed by atoms with E-state index < -0.39 is 97.5 Å². The van der Waals surface area contributed by atoms with Crippen LogP contribution in [0.4, 0.5) is 0 Å². The van der Waals surface area contributed by atoms with E-state index in [1.807, 2.05) is 0 Å². The summed E-state index contributed by atoms with van der Waals surface area (Å²) in [5.74, 6) is -2.23. The summed E-state index contributed by atoms with van der Waals surface area (Å²) in [6, 6.07) is 0. The molecule has 0 spiro atoms. The molecule has 0 radical (unpaired) electrons. The highest BCUT2D eigenvalue weighted by Gasteiger charge is 2.30. The van der Waals surface area contributed by atoms with Crippen LogP contribution in [0.15, 0.2) is 97.2 Å². The molecule has 19 heteroatoms. The lowest BCUT2D eigenvalue weighted by atomic mass is 10.1. The molecule has 0 rings (SSSR count). The minimum atomic E-state index is -4.98. The van der Waals surface area contributed by atoms with Crippen LogP contribution in [0.5, 0.6) is 0 Å². The fourth-order valence-corrected chi connectivity index (χ4v) is 11.0. The molecule has 542 valence electrons. The van der Waals surface area contributed by atoms with E-state index in [-0.39, 0.29) is 25.7 Å². The quantitative estimate of drug-likeness (QED) is 0.0169. The molecule has 0 aromatic carbocycles. The number of unbranched alkanes of at least 4 members (excludes halogenated alkanes) is 26. The average molecular weight is 1370 g/mol. The molecule has 0 heterocycles. The number of aliphatic hydroxyl groups is 1. The average Bonchev–Trinajstić information content (AvgIpc) is 1.67. The van der Waals surface area contributed by atoms with Crippen molar-refractivity contribution in [2.24, 2.45) is 0 Å². The van der Waals surface area contributed by atoms with Crippen molar-refractivity contribution in [3.05, 3.63) is 97.2 Å². The summed E-state index contributed by atoms with van der Waals surface area (Å²) >= 11 is 0. The fraction of sp³-hybridized carbons (Fsp3) is 0.733. The predicted molar refractivity (Wildman–Crippen MR) is 381 cm³/mol. The van der Waals surface area contributed by atoms with Crippen molar-refractivity contribution >= 4 is 39.5 Å². The van der Waals surface area contributed by atoms with Gasteiger partial charge in [0.1, 0.15) is 19.3 Å². The summed E-state index contributed by atoms with van der Waals surface area (Å²) in [5, 5.41) is 10.6. The smallest absolute Gasteiger partial charge is 0.462 e. The van der Waals surface area contributed by atoms with Gasteiger partial charge in [0, 0.05) is 25.7 Å². The SMILES string of the molecule is CC/C=C\C/C=C\C/C=C\CCCCCCCC(=O)OCC(COP(=O)(O)OCC(O)COP(=O)(O)OCC(COC(=O)CCCCCCC/C=C\C/C=C\CCC)OC(=O)CCCCCCC/C=C\C/C=C\CCC)OC(=O)CCCCCCC/C=C\CCCCCC. The van der Waals surface area contributed by atoms with E-state index in [0.717, 1.165) is 193 Å². The van der Waals surface area contributed by atoms with E-state index >= 15 is 0 Å². The number of hydrogen-bond acceptors (Lipinski definition) is 15. The second-order valence-electron chi connectivity index (χ2n) is 24.1. The molecule has 3 N–H and O–H groups in total. The molecule has 0 aliphatic carbocycles. The summed E-state index contributed by atoms with van der Waals surface area (Å²) in [6.07, 6.45) is 68.4. The van der Waals surface area contributed by atoms with Crippen molar-refractivity contribution in [3.63, 3.8) is 0 Å². The Morgan fingerprint density at radius 2 is 0.574 bits per heavy atom. The Morgan fingerprint density at radius 1 is 0.309 bits per heavy atom. The van der Waals surface area contributed by atoms with E-state index in [2.05, 4.69) is 125 Å². The van der Waals surface area contributed by atoms with Gasteiger partial charge in [-0.2, -0.15) is 0 Å². The number of esters is 4. The first-order chi connectivity index (χ1) is 45.7. The Balaban J connectivity index is 5.36. The summed E-state index contributed by atoms with van der Waals surface area (Å²) < 4.78 is 68.3. The second-order valence-corrected chi connectivity index (χ2v) is 27.0. The van der Waals surface area contributed by atoms with Gasteiger partial charge in [-0.25, -0.2) is 9.13 Å². The summed E-state index contributed by atoms with van der Waals surface area (Å²) in [4.78, 5) is 72.7. The van der Waals surface area contributed by atoms with Crippen LogP contribution in [-0.4, -0.2) is 96.7 Å². The molecule has 94 heavy (non-hydrogen) atoms. The number of ether oxygens (including phenoxy) is 4. The molecule has 0 fully saturated rings. The van der Waals surface area contributed by atoms with E-state index in [0.29, 0.717) is 25.7 Å². The van der Waals surface area contributed by atoms with Crippen molar-refractivity contribution in [2.45, 2.75) is 316 Å². The molecule has 0 aromatic rings. The van der Waals surface area contributed by atoms with E-state index in [4.69, 9.17) is 37.0 Å². The zero-order chi connectivity index (χ0) is 69.0. The molecule has 0 aliphatic rings. The van der Waals surface area contributed by atoms with Crippen LogP contribution in [0, 0.1) is 0 Å². The summed E-state index contributed by atoms with van der Waals surface area (Å²) in [6.45, 7) is 4.55. The van der Waals surface area contributed by atoms with Crippen LogP contribution < -0.4 is 0 Å². The Morgan fingerprint density at radius 3 is 0.904 bits per heavy atom. The number of allylic oxidation sites excluding steroid dienone is 16. The third kappa shape index (κ3) is 66.6. The number of aliphatic hydroxyl groups excluding tert-OH is 1. The van der Waals surface area contributed by atoms with Crippen molar-refractivity contribution in [3.8, 4) is 0 Å². The van der Waals surface area contributed by atoms with Crippen molar-refractivity contribution < 1.29 is 80.2 Å². The van der Waals surface area contributed by atoms with Crippen LogP contribution in [0.25, 0.3) is 0 Å². The Hall–Kier alpha value is -4.02. The fourth-order valence-electron chi connectivity index (χ4n) is 9.42. The van der Waals surface area contributed by atoms with Gasteiger partial charge in [-0.1, -0.05) is 234 Å². The number of phosphoric ester groups is 2. The minimum Gasteiger partial charge on any atom is -0.462 e. The zero-order valence-electron chi connectivity index (χ0n) is 58.9. The molecule has 5 unspecified atom stereocenters. The van der Waals surface area contributed by atoms with Crippen LogP contribution >= 0.6 is 15.6 Å². The first kappa shape index (κ1) is 90.0. The van der Waals surface area contributed by atoms with Gasteiger partial charge in [0.15, 0.2) is 12.2 Å². The molecular weight excluding hydrogens is 1230 g/mol. The maximum Gasteiger partial charge on any atom is 0.472 e. The third-order valence-electron chi connectivity index (χ3n) is 15.0. The molecule has 0 bridgehead atoms. The van der Waals surface area contributed by atoms with Gasteiger partial charge in [0.25, 0.3) is 0 Å². The number of rotatable bonds is 68. The molecule has 0 saturated heterocycles. The van der Waals surface area contributed by atoms with Crippen LogP contribution in [-0.2, 0) is 65.4 Å². The lowest BCUT2D eigenvalue weighted by Crippen LogP contribution is -2.30. The largest absolute Gasteiger partial charge is 0.472 e. The van der Waals surface area contributed by atoms with Gasteiger partial charge < -0.3 is 33.8 Å². The molecule has 0 amide bonds. The van der Waals surface area contributed by atoms with E-state index in [1.165, 1.54) is 25.7 Å². The Kier molecular flexibility index (Phi) is 64.7. The molecule has 0 saturated carbocycles. The lowest BCUT2D eigenvalue weighted by molar-refractivity contribution is -0.161. The van der Waals surface area contributed by atoms with Gasteiger partial charge in [-0.3, -0.25) is 37.3 Å². The van der Waals surface area contributed by atoms with Crippen LogP contribution in [0.1, 0.15) is 297 Å². The minimum absolute atomic E-state index is 0.0752. The maximum atomic E-state index is 13.0. The van der Waals surface area contributed by atoms with Crippen LogP contribution in [0.3, 0.4) is 0 Å². The predicted octanol–water partition coefficient (Wildman–Crippen LogP) is 20.4. The number of hydrogen-bond donors (Lipinski definition) is 3. The number of carbonyl (C=O) groups is 4. The lowest BCUT2D eigenvalue weighted by Gasteiger charge is -2.21. The molecular formula is C75H130O17P2. The van der Waals surface area contributed by atoms with Gasteiger partial charge in [0.05, 0.1) is 26.4 Å². The molecule has 0 aromatic heterocycles. The summed E-state index contributed by atoms with van der Waals surface area (Å²) in [7, 11) is -9.95. The Labute approximate surface area is 569 Å². The zero-order valence-corrected chi connectivity index (χ0v) is 60.7. The monoisotopic (exact) mass is 1360 g/mol. The molecule has 17 nitrogen and oxygen atoms in total. The highest BCUT2D eigenvalue weighted by Crippen LogP contribution is 2.45. The molecule has 0 aliphatic heterocycles. The van der Waals surface area contributed by atoms with Gasteiger partial charge in [-0.15, -0.1) is 0 Å². The number of phosphoric acid groups is 2. The van der Waals surface area contributed by atoms with Gasteiger partial charge in [0.2, 0.25) is 0 Å². The van der Waals surface area contributed by atoms with Gasteiger partial charge >= 0.3 is 39.5 Å². The van der Waals surface area contributed by atoms with Crippen molar-refractivity contribution in [1.82, 2.24) is 0 Å². The topological polar surface area (TPSA) is 237 Å². The normalized spacial score (nSPS) is 14.6. The first-order valence-corrected chi connectivity index (χ1v) is 39.5. The van der Waals surface area contributed by atoms with Crippen molar-refractivity contribution in [2.75, 3.05) is 39.6 Å². The van der Waals surface area contributed by atoms with Gasteiger partial charge in [-0.05, 0) is 135 Å². The standard InChI is InChI=1S/C75H130O17P2/c1-5-9-13-17-21-25-29-33-34-38-40-44-48-52-56-60-73(78)86-66-71(92-75(80)62-58-54-50-46-42-37-32-28-24-20-16-12-8-4)68-90-94(83,84)88-64-69(76)63-87-93(81,82)89-67-70(91-74(79)61-57-53-49-45-41-36-31-27-23-19-15-11-7-3)65-85-72(77)59-55-51-47-43-39-35-30-26-22-18-14-10-6-2/h9,13-15,18-19,21,25-28,30-34,69-71,76H,5-8,10-12,16-17,20,22-24,29,35-68H2,1-4H3,(H,81,82)(H,83,84)/b13-9-,18-14-,19-15-,25-21-,30-26-,31-27-,32-28-,34-33-. The van der Waals surface area contributed by atoms with E-state index in [9.17, 15) is 43.2 Å². The second kappa shape index (κ2) is 67.5.